The van der Waals surface area contributed by atoms with Crippen LogP contribution in [0.4, 0.5) is 10.1 Å². The van der Waals surface area contributed by atoms with Crippen LogP contribution in [-0.2, 0) is 11.2 Å². The van der Waals surface area contributed by atoms with Crippen molar-refractivity contribution < 1.29 is 13.9 Å². The van der Waals surface area contributed by atoms with Gasteiger partial charge >= 0.3 is 0 Å². The minimum absolute atomic E-state index is 0.0570. The van der Waals surface area contributed by atoms with Crippen LogP contribution in [0.5, 0.6) is 5.75 Å². The number of anilines is 1. The van der Waals surface area contributed by atoms with Crippen molar-refractivity contribution in [3.63, 3.8) is 0 Å². The first-order valence-corrected chi connectivity index (χ1v) is 11.5. The maximum atomic E-state index is 13.3. The molecule has 0 fully saturated rings. The lowest BCUT2D eigenvalue weighted by atomic mass is 10.2. The third kappa shape index (κ3) is 4.77. The topological polar surface area (TPSA) is 73.2 Å². The Labute approximate surface area is 187 Å². The summed E-state index contributed by atoms with van der Waals surface area (Å²) in [6.07, 6.45) is 0.716. The molecule has 2 aromatic carbocycles. The van der Waals surface area contributed by atoms with Crippen LogP contribution in [-0.4, -0.2) is 33.6 Å². The first kappa shape index (κ1) is 21.5. The fraction of sp³-hybridized carbons (Fsp3) is 0.227. The number of ether oxygens (including phenoxy) is 1. The summed E-state index contributed by atoms with van der Waals surface area (Å²) in [6.45, 7) is 2.06. The SMILES string of the molecule is COc1ccc(-n2c(SCC(=O)Nc3ccc(F)cc3)nc3c(c2=O)SC(C)C3)cc1. The van der Waals surface area contributed by atoms with Crippen LogP contribution in [0.3, 0.4) is 0 Å². The molecule has 0 saturated heterocycles. The van der Waals surface area contributed by atoms with Gasteiger partial charge in [-0.15, -0.1) is 11.8 Å². The average Bonchev–Trinajstić information content (AvgIpc) is 3.15. The summed E-state index contributed by atoms with van der Waals surface area (Å²) < 4.78 is 19.8. The van der Waals surface area contributed by atoms with Gasteiger partial charge in [0.2, 0.25) is 5.91 Å². The van der Waals surface area contributed by atoms with Gasteiger partial charge < -0.3 is 10.1 Å². The standard InChI is InChI=1S/C22H20FN3O3S2/c1-13-11-18-20(31-13)21(28)26(16-7-9-17(29-2)10-8-16)22(25-18)30-12-19(27)24-15-5-3-14(23)4-6-15/h3-10,13H,11-12H2,1-2H3,(H,24,27). The normalized spacial score (nSPS) is 14.9. The Morgan fingerprint density at radius 1 is 1.26 bits per heavy atom. The highest BCUT2D eigenvalue weighted by molar-refractivity contribution is 8.00. The van der Waals surface area contributed by atoms with Crippen LogP contribution in [0, 0.1) is 5.82 Å². The molecule has 1 aromatic heterocycles. The van der Waals surface area contributed by atoms with Crippen LogP contribution in [0.2, 0.25) is 0 Å². The Hall–Kier alpha value is -2.78. The van der Waals surface area contributed by atoms with Gasteiger partial charge in [-0.25, -0.2) is 9.37 Å². The molecule has 0 aliphatic carbocycles. The number of carbonyl (C=O) groups is 1. The highest BCUT2D eigenvalue weighted by Crippen LogP contribution is 2.35. The molecule has 1 atom stereocenters. The number of nitrogens with zero attached hydrogens (tertiary/aromatic N) is 2. The molecule has 9 heteroatoms. The van der Waals surface area contributed by atoms with Crippen molar-refractivity contribution in [1.82, 2.24) is 9.55 Å². The number of hydrogen-bond donors (Lipinski definition) is 1. The van der Waals surface area contributed by atoms with Gasteiger partial charge in [0.05, 0.1) is 29.1 Å². The van der Waals surface area contributed by atoms with Gasteiger partial charge in [0.25, 0.3) is 5.56 Å². The lowest BCUT2D eigenvalue weighted by Gasteiger charge is -2.14. The second kappa shape index (κ2) is 9.15. The molecule has 0 radical (unpaired) electrons. The molecule has 4 rings (SSSR count). The number of rotatable bonds is 6. The maximum Gasteiger partial charge on any atom is 0.272 e. The summed E-state index contributed by atoms with van der Waals surface area (Å²) in [6, 6.07) is 12.7. The van der Waals surface area contributed by atoms with Crippen molar-refractivity contribution in [2.24, 2.45) is 0 Å². The second-order valence-corrected chi connectivity index (χ2v) is 9.38. The van der Waals surface area contributed by atoms with Crippen molar-refractivity contribution in [1.29, 1.82) is 0 Å². The van der Waals surface area contributed by atoms with Crippen LogP contribution < -0.4 is 15.6 Å². The van der Waals surface area contributed by atoms with Gasteiger partial charge in [-0.2, -0.15) is 0 Å². The van der Waals surface area contributed by atoms with E-state index in [2.05, 4.69) is 12.2 Å². The molecule has 0 bridgehead atoms. The first-order valence-electron chi connectivity index (χ1n) is 9.60. The smallest absolute Gasteiger partial charge is 0.272 e. The van der Waals surface area contributed by atoms with E-state index in [0.29, 0.717) is 33.6 Å². The van der Waals surface area contributed by atoms with Gasteiger partial charge in [-0.05, 0) is 48.5 Å². The monoisotopic (exact) mass is 457 g/mol. The van der Waals surface area contributed by atoms with Crippen LogP contribution >= 0.6 is 23.5 Å². The number of fused-ring (bicyclic) bond motifs is 1. The Bertz CT molecular complexity index is 1160. The van der Waals surface area contributed by atoms with Crippen LogP contribution in [0.25, 0.3) is 5.69 Å². The molecule has 160 valence electrons. The van der Waals surface area contributed by atoms with E-state index in [-0.39, 0.29) is 28.3 Å². The molecule has 6 nitrogen and oxygen atoms in total. The zero-order valence-electron chi connectivity index (χ0n) is 16.9. The maximum absolute atomic E-state index is 13.3. The highest BCUT2D eigenvalue weighted by Gasteiger charge is 2.27. The van der Waals surface area contributed by atoms with E-state index in [1.165, 1.54) is 47.8 Å². The minimum atomic E-state index is -0.370. The number of aromatic nitrogens is 2. The molecule has 1 aliphatic heterocycles. The molecule has 1 N–H and O–H groups in total. The number of nitrogens with one attached hydrogen (secondary N) is 1. The quantitative estimate of drug-likeness (QED) is 0.443. The number of methoxy groups -OCH3 is 1. The van der Waals surface area contributed by atoms with Crippen molar-refractivity contribution in [2.45, 2.75) is 28.6 Å². The zero-order chi connectivity index (χ0) is 22.0. The van der Waals surface area contributed by atoms with Crippen molar-refractivity contribution in [3.05, 3.63) is 70.4 Å². The van der Waals surface area contributed by atoms with Gasteiger partial charge in [-0.3, -0.25) is 14.2 Å². The molecule has 1 amide bonds. The minimum Gasteiger partial charge on any atom is -0.497 e. The number of amides is 1. The summed E-state index contributed by atoms with van der Waals surface area (Å²) in [5, 5.41) is 3.46. The van der Waals surface area contributed by atoms with E-state index in [4.69, 9.17) is 9.72 Å². The molecule has 0 saturated carbocycles. The molecule has 2 heterocycles. The predicted molar refractivity (Wildman–Crippen MR) is 121 cm³/mol. The zero-order valence-corrected chi connectivity index (χ0v) is 18.6. The molecular weight excluding hydrogens is 437 g/mol. The Balaban J connectivity index is 1.62. The van der Waals surface area contributed by atoms with E-state index >= 15 is 0 Å². The van der Waals surface area contributed by atoms with E-state index < -0.39 is 0 Å². The molecule has 3 aromatic rings. The highest BCUT2D eigenvalue weighted by atomic mass is 32.2. The van der Waals surface area contributed by atoms with Gasteiger partial charge in [0.1, 0.15) is 11.6 Å². The van der Waals surface area contributed by atoms with Gasteiger partial charge in [0, 0.05) is 17.4 Å². The van der Waals surface area contributed by atoms with Gasteiger partial charge in [-0.1, -0.05) is 18.7 Å². The molecule has 31 heavy (non-hydrogen) atoms. The number of carbonyl (C=O) groups excluding carboxylic acids is 1. The van der Waals surface area contributed by atoms with Crippen LogP contribution in [0.1, 0.15) is 12.6 Å². The van der Waals surface area contributed by atoms with Crippen molar-refractivity contribution >= 4 is 35.1 Å². The van der Waals surface area contributed by atoms with E-state index in [1.807, 2.05) is 0 Å². The van der Waals surface area contributed by atoms with E-state index in [1.54, 1.807) is 35.9 Å². The van der Waals surface area contributed by atoms with Crippen molar-refractivity contribution in [3.8, 4) is 11.4 Å². The summed E-state index contributed by atoms with van der Waals surface area (Å²) in [7, 11) is 1.58. The fourth-order valence-electron chi connectivity index (χ4n) is 3.22. The van der Waals surface area contributed by atoms with E-state index in [0.717, 1.165) is 5.69 Å². The number of thioether (sulfide) groups is 2. The third-order valence-electron chi connectivity index (χ3n) is 4.67. The van der Waals surface area contributed by atoms with Crippen LogP contribution in [0.15, 0.2) is 63.4 Å². The van der Waals surface area contributed by atoms with Crippen molar-refractivity contribution in [2.75, 3.05) is 18.2 Å². The lowest BCUT2D eigenvalue weighted by Crippen LogP contribution is -2.24. The first-order chi connectivity index (χ1) is 14.9. The molecular formula is C22H20FN3O3S2. The predicted octanol–water partition coefficient (Wildman–Crippen LogP) is 4.15. The largest absolute Gasteiger partial charge is 0.497 e. The van der Waals surface area contributed by atoms with E-state index in [9.17, 15) is 14.0 Å². The Morgan fingerprint density at radius 2 is 1.97 bits per heavy atom. The number of halogens is 1. The average molecular weight is 458 g/mol. The third-order valence-corrected chi connectivity index (χ3v) is 6.83. The molecule has 1 aliphatic rings. The number of benzene rings is 2. The second-order valence-electron chi connectivity index (χ2n) is 6.99. The molecule has 1 unspecified atom stereocenters. The summed E-state index contributed by atoms with van der Waals surface area (Å²) in [5.41, 5.74) is 1.80. The number of hydrogen-bond acceptors (Lipinski definition) is 6. The summed E-state index contributed by atoms with van der Waals surface area (Å²) in [5.74, 6) is 0.101. The Kier molecular flexibility index (Phi) is 6.33. The lowest BCUT2D eigenvalue weighted by molar-refractivity contribution is -0.113. The Morgan fingerprint density at radius 3 is 2.65 bits per heavy atom. The summed E-state index contributed by atoms with van der Waals surface area (Å²) >= 11 is 2.72. The fourth-order valence-corrected chi connectivity index (χ4v) is 5.14. The molecule has 0 spiro atoms. The van der Waals surface area contributed by atoms with Gasteiger partial charge in [0.15, 0.2) is 5.16 Å². The summed E-state index contributed by atoms with van der Waals surface area (Å²) in [4.78, 5) is 31.1.